The summed E-state index contributed by atoms with van der Waals surface area (Å²) < 4.78 is 17.8. The Balaban J connectivity index is 2.01. The van der Waals surface area contributed by atoms with Crippen LogP contribution in [0.25, 0.3) is 0 Å². The minimum atomic E-state index is -0.692. The lowest BCUT2D eigenvalue weighted by Crippen LogP contribution is -2.40. The third-order valence-electron chi connectivity index (χ3n) is 5.19. The molecule has 1 unspecified atom stereocenters. The number of H-pyrrole nitrogens is 1. The van der Waals surface area contributed by atoms with Gasteiger partial charge in [0.05, 0.1) is 18.7 Å². The van der Waals surface area contributed by atoms with Crippen LogP contribution in [0.3, 0.4) is 0 Å². The van der Waals surface area contributed by atoms with E-state index in [0.717, 1.165) is 10.1 Å². The zero-order chi connectivity index (χ0) is 20.0. The van der Waals surface area contributed by atoms with E-state index < -0.39 is 23.2 Å². The van der Waals surface area contributed by atoms with Crippen LogP contribution in [0, 0.1) is 0 Å². The number of fused-ring (bicyclic) bond motifs is 2. The van der Waals surface area contributed by atoms with Gasteiger partial charge in [0, 0.05) is 18.7 Å². The van der Waals surface area contributed by atoms with E-state index in [0.29, 0.717) is 35.8 Å². The zero-order valence-electron chi connectivity index (χ0n) is 15.7. The maximum atomic E-state index is 12.7. The molecule has 2 N–H and O–H groups in total. The number of allylic oxidation sites excluding steroid dienone is 1. The van der Waals surface area contributed by atoms with Crippen LogP contribution in [0.4, 0.5) is 0 Å². The van der Waals surface area contributed by atoms with Gasteiger partial charge in [-0.05, 0) is 25.1 Å². The number of likely N-dealkylation sites (N-methyl/N-ethyl adjacent to an activating group) is 1. The van der Waals surface area contributed by atoms with Gasteiger partial charge in [-0.1, -0.05) is 6.08 Å². The number of hydrogen-bond donors (Lipinski definition) is 2. The molecule has 3 heterocycles. The van der Waals surface area contributed by atoms with Crippen LogP contribution >= 0.6 is 0 Å². The van der Waals surface area contributed by atoms with Gasteiger partial charge in [-0.15, -0.1) is 6.58 Å². The summed E-state index contributed by atoms with van der Waals surface area (Å²) in [4.78, 5) is 29.1. The lowest BCUT2D eigenvalue weighted by molar-refractivity contribution is 0.170. The Bertz CT molecular complexity index is 1070. The van der Waals surface area contributed by atoms with Crippen molar-refractivity contribution in [3.8, 4) is 23.1 Å². The minimum absolute atomic E-state index is 0.0655. The summed E-state index contributed by atoms with van der Waals surface area (Å²) in [6, 6.07) is 1.25. The molecule has 9 nitrogen and oxygen atoms in total. The Morgan fingerprint density at radius 3 is 2.89 bits per heavy atom. The summed E-state index contributed by atoms with van der Waals surface area (Å²) in [6.45, 7) is 4.39. The molecule has 0 spiro atoms. The SMILES string of the molecule is C=CCn1c(O)c(C2c3c(cc4c(c3OC)OCO4)CCN2C)c(=O)[nH]c1=O. The number of rotatable bonds is 4. The first-order valence-electron chi connectivity index (χ1n) is 8.84. The highest BCUT2D eigenvalue weighted by atomic mass is 16.7. The summed E-state index contributed by atoms with van der Waals surface area (Å²) in [5.74, 6) is 1.13. The van der Waals surface area contributed by atoms with Gasteiger partial charge in [0.2, 0.25) is 18.4 Å². The molecule has 0 amide bonds. The van der Waals surface area contributed by atoms with Crippen molar-refractivity contribution in [2.45, 2.75) is 19.0 Å². The van der Waals surface area contributed by atoms with E-state index >= 15 is 0 Å². The summed E-state index contributed by atoms with van der Waals surface area (Å²) in [6.07, 6.45) is 2.18. The number of nitrogens with one attached hydrogen (secondary N) is 1. The Kier molecular flexibility index (Phi) is 4.38. The van der Waals surface area contributed by atoms with Crippen LogP contribution in [-0.2, 0) is 13.0 Å². The molecule has 2 aliphatic heterocycles. The number of aromatic hydroxyl groups is 1. The molecule has 0 radical (unpaired) electrons. The van der Waals surface area contributed by atoms with E-state index in [2.05, 4.69) is 11.6 Å². The van der Waals surface area contributed by atoms with Crippen LogP contribution in [0.2, 0.25) is 0 Å². The minimum Gasteiger partial charge on any atom is -0.494 e. The topological polar surface area (TPSA) is 106 Å². The lowest BCUT2D eigenvalue weighted by Gasteiger charge is -2.35. The quantitative estimate of drug-likeness (QED) is 0.746. The van der Waals surface area contributed by atoms with Gasteiger partial charge in [-0.25, -0.2) is 4.79 Å². The molecule has 0 saturated carbocycles. The van der Waals surface area contributed by atoms with Crippen LogP contribution in [0.1, 0.15) is 22.7 Å². The highest BCUT2D eigenvalue weighted by Crippen LogP contribution is 2.51. The van der Waals surface area contributed by atoms with Crippen LogP contribution < -0.4 is 25.5 Å². The van der Waals surface area contributed by atoms with E-state index in [4.69, 9.17) is 14.2 Å². The van der Waals surface area contributed by atoms with Crippen molar-refractivity contribution in [2.24, 2.45) is 0 Å². The smallest absolute Gasteiger partial charge is 0.331 e. The number of benzene rings is 1. The monoisotopic (exact) mass is 387 g/mol. The number of aromatic amines is 1. The zero-order valence-corrected chi connectivity index (χ0v) is 15.7. The van der Waals surface area contributed by atoms with E-state index in [9.17, 15) is 14.7 Å². The second-order valence-electron chi connectivity index (χ2n) is 6.75. The number of nitrogens with zero attached hydrogens (tertiary/aromatic N) is 2. The number of ether oxygens (including phenoxy) is 3. The number of hydrogen-bond acceptors (Lipinski definition) is 7. The Morgan fingerprint density at radius 2 is 2.18 bits per heavy atom. The van der Waals surface area contributed by atoms with Gasteiger partial charge < -0.3 is 19.3 Å². The van der Waals surface area contributed by atoms with Crippen molar-refractivity contribution in [2.75, 3.05) is 27.5 Å². The molecule has 1 aromatic carbocycles. The predicted octanol–water partition coefficient (Wildman–Crippen LogP) is 0.743. The summed E-state index contributed by atoms with van der Waals surface area (Å²) in [5, 5.41) is 10.8. The van der Waals surface area contributed by atoms with Gasteiger partial charge in [0.15, 0.2) is 11.5 Å². The first-order valence-corrected chi connectivity index (χ1v) is 8.84. The molecule has 4 rings (SSSR count). The van der Waals surface area contributed by atoms with Gasteiger partial charge in [-0.3, -0.25) is 19.2 Å². The Labute approximate surface area is 160 Å². The molecule has 28 heavy (non-hydrogen) atoms. The second-order valence-corrected chi connectivity index (χ2v) is 6.75. The maximum Gasteiger partial charge on any atom is 0.331 e. The third-order valence-corrected chi connectivity index (χ3v) is 5.19. The fourth-order valence-electron chi connectivity index (χ4n) is 3.92. The third kappa shape index (κ3) is 2.58. The van der Waals surface area contributed by atoms with Gasteiger partial charge >= 0.3 is 5.69 Å². The molecule has 0 fully saturated rings. The van der Waals surface area contributed by atoms with Gasteiger partial charge in [-0.2, -0.15) is 0 Å². The highest BCUT2D eigenvalue weighted by Gasteiger charge is 2.38. The van der Waals surface area contributed by atoms with Crippen LogP contribution in [0.5, 0.6) is 23.1 Å². The molecule has 0 aliphatic carbocycles. The van der Waals surface area contributed by atoms with Gasteiger partial charge in [0.1, 0.15) is 0 Å². The highest BCUT2D eigenvalue weighted by molar-refractivity contribution is 5.63. The molecule has 1 atom stereocenters. The Morgan fingerprint density at radius 1 is 1.39 bits per heavy atom. The van der Waals surface area contributed by atoms with Crippen molar-refractivity contribution in [1.82, 2.24) is 14.5 Å². The molecule has 0 bridgehead atoms. The average molecular weight is 387 g/mol. The van der Waals surface area contributed by atoms with E-state index in [1.807, 2.05) is 18.0 Å². The van der Waals surface area contributed by atoms with Crippen molar-refractivity contribution in [1.29, 1.82) is 0 Å². The molecule has 9 heteroatoms. The predicted molar refractivity (Wildman–Crippen MR) is 100 cm³/mol. The maximum absolute atomic E-state index is 12.7. The molecule has 0 saturated heterocycles. The Hall–Kier alpha value is -3.20. The summed E-state index contributed by atoms with van der Waals surface area (Å²) in [7, 11) is 3.37. The first kappa shape index (κ1) is 18.2. The molecule has 2 aromatic rings. The van der Waals surface area contributed by atoms with Crippen molar-refractivity contribution in [3.05, 3.63) is 56.2 Å². The van der Waals surface area contributed by atoms with E-state index in [1.165, 1.54) is 13.2 Å². The van der Waals surface area contributed by atoms with Crippen LogP contribution in [-0.4, -0.2) is 47.1 Å². The molecule has 2 aliphatic rings. The summed E-state index contributed by atoms with van der Waals surface area (Å²) in [5.41, 5.74) is 0.381. The average Bonchev–Trinajstić information content (AvgIpc) is 3.13. The molecule has 148 valence electrons. The molecular weight excluding hydrogens is 366 g/mol. The molecular formula is C19H21N3O6. The number of aromatic nitrogens is 2. The summed E-state index contributed by atoms with van der Waals surface area (Å²) >= 11 is 0. The largest absolute Gasteiger partial charge is 0.494 e. The normalized spacial score (nSPS) is 18.0. The van der Waals surface area contributed by atoms with Crippen molar-refractivity contribution in [3.63, 3.8) is 0 Å². The fraction of sp³-hybridized carbons (Fsp3) is 0.368. The van der Waals surface area contributed by atoms with Crippen molar-refractivity contribution >= 4 is 0 Å². The second kappa shape index (κ2) is 6.75. The van der Waals surface area contributed by atoms with Crippen LogP contribution in [0.15, 0.2) is 28.3 Å². The van der Waals surface area contributed by atoms with Gasteiger partial charge in [0.25, 0.3) is 5.56 Å². The van der Waals surface area contributed by atoms with Crippen molar-refractivity contribution < 1.29 is 19.3 Å². The van der Waals surface area contributed by atoms with E-state index in [-0.39, 0.29) is 18.9 Å². The molecule has 1 aromatic heterocycles. The standard InChI is InChI=1S/C19H21N3O6/c1-4-6-22-18(24)13(17(23)20-19(22)25)14-12-10(5-7-21(14)2)8-11-15(16(12)26-3)28-9-27-11/h4,8,14,24H,1,5-7,9H2,2-3H3,(H,20,23,25). The number of methoxy groups -OCH3 is 1. The fourth-order valence-corrected chi connectivity index (χ4v) is 3.92. The van der Waals surface area contributed by atoms with E-state index in [1.54, 1.807) is 0 Å². The lowest BCUT2D eigenvalue weighted by atomic mass is 9.87. The first-order chi connectivity index (χ1) is 13.5.